The number of hydrogen-bond donors (Lipinski definition) is 2. The maximum atomic E-state index is 13.1. The number of amides is 1. The molecule has 0 atom stereocenters. The molecule has 0 radical (unpaired) electrons. The molecule has 1 aromatic carbocycles. The summed E-state index contributed by atoms with van der Waals surface area (Å²) in [4.78, 5) is 30.2. The Morgan fingerprint density at radius 3 is 2.73 bits per heavy atom. The molecule has 3 aromatic rings. The summed E-state index contributed by atoms with van der Waals surface area (Å²) in [6.45, 7) is 9.01. The number of rotatable bonds is 5. The molecule has 0 aliphatic carbocycles. The van der Waals surface area contributed by atoms with Gasteiger partial charge in [-0.25, -0.2) is 0 Å². The maximum absolute atomic E-state index is 13.1. The van der Waals surface area contributed by atoms with Crippen LogP contribution in [0.4, 0.5) is 5.69 Å². The van der Waals surface area contributed by atoms with E-state index in [-0.39, 0.29) is 24.1 Å². The number of hydrogen-bond acceptors (Lipinski definition) is 5. The zero-order chi connectivity index (χ0) is 21.3. The fraction of sp³-hybridized carbons (Fsp3) is 0.409. The second-order valence-corrected chi connectivity index (χ2v) is 7.89. The Morgan fingerprint density at radius 1 is 1.27 bits per heavy atom. The molecule has 2 N–H and O–H groups in total. The first kappa shape index (κ1) is 20.2. The maximum Gasteiger partial charge on any atom is 0.253 e. The highest BCUT2D eigenvalue weighted by Gasteiger charge is 2.20. The molecule has 2 aromatic heterocycles. The summed E-state index contributed by atoms with van der Waals surface area (Å²) in [5.74, 6) is -0.224. The van der Waals surface area contributed by atoms with Crippen molar-refractivity contribution >= 4 is 22.5 Å². The predicted molar refractivity (Wildman–Crippen MR) is 116 cm³/mol. The average molecular weight is 409 g/mol. The standard InChI is InChI=1S/C22H27N5O3/c1-14(2)27-20-11-17(26-6-8-30-9-7-26)10-18(19(20)13-24-27)22(29)23-12-16-5-4-15(3)25-21(16)28/h4-5,10-11,13-14H,6-9,12H2,1-3H3,(H,23,29)(H,25,28). The lowest BCUT2D eigenvalue weighted by Crippen LogP contribution is -2.36. The minimum atomic E-state index is -0.224. The second kappa shape index (κ2) is 8.31. The molecule has 0 saturated carbocycles. The van der Waals surface area contributed by atoms with E-state index in [1.165, 1.54) is 0 Å². The fourth-order valence-electron chi connectivity index (χ4n) is 3.75. The van der Waals surface area contributed by atoms with Crippen LogP contribution in [0.2, 0.25) is 0 Å². The van der Waals surface area contributed by atoms with E-state index in [9.17, 15) is 9.59 Å². The lowest BCUT2D eigenvalue weighted by molar-refractivity contribution is 0.0952. The molecule has 1 aliphatic rings. The van der Waals surface area contributed by atoms with E-state index in [1.54, 1.807) is 12.3 Å². The van der Waals surface area contributed by atoms with Gasteiger partial charge >= 0.3 is 0 Å². The van der Waals surface area contributed by atoms with Crippen LogP contribution >= 0.6 is 0 Å². The molecule has 1 aliphatic heterocycles. The average Bonchev–Trinajstić information content (AvgIpc) is 3.17. The van der Waals surface area contributed by atoms with Gasteiger partial charge in [0, 0.05) is 48.0 Å². The monoisotopic (exact) mass is 409 g/mol. The van der Waals surface area contributed by atoms with Crippen LogP contribution in [0.5, 0.6) is 0 Å². The van der Waals surface area contributed by atoms with Gasteiger partial charge in [0.15, 0.2) is 0 Å². The van der Waals surface area contributed by atoms with Gasteiger partial charge in [-0.1, -0.05) is 6.07 Å². The van der Waals surface area contributed by atoms with Crippen molar-refractivity contribution in [3.8, 4) is 0 Å². The van der Waals surface area contributed by atoms with Crippen LogP contribution in [0.15, 0.2) is 35.3 Å². The summed E-state index contributed by atoms with van der Waals surface area (Å²) in [5.41, 5.74) is 3.59. The number of carbonyl (C=O) groups is 1. The number of morpholine rings is 1. The summed E-state index contributed by atoms with van der Waals surface area (Å²) in [5, 5.41) is 8.20. The molecule has 8 nitrogen and oxygen atoms in total. The van der Waals surface area contributed by atoms with Crippen LogP contribution in [0.25, 0.3) is 10.9 Å². The number of fused-ring (bicyclic) bond motifs is 1. The smallest absolute Gasteiger partial charge is 0.253 e. The molecule has 1 fully saturated rings. The van der Waals surface area contributed by atoms with E-state index in [2.05, 4.69) is 40.2 Å². The Morgan fingerprint density at radius 2 is 2.03 bits per heavy atom. The van der Waals surface area contributed by atoms with Crippen molar-refractivity contribution in [2.24, 2.45) is 0 Å². The number of anilines is 1. The number of H-pyrrole nitrogens is 1. The van der Waals surface area contributed by atoms with E-state index in [1.807, 2.05) is 23.7 Å². The van der Waals surface area contributed by atoms with Gasteiger partial charge in [0.25, 0.3) is 11.5 Å². The second-order valence-electron chi connectivity index (χ2n) is 7.89. The topological polar surface area (TPSA) is 92.2 Å². The van der Waals surface area contributed by atoms with Crippen molar-refractivity contribution < 1.29 is 9.53 Å². The van der Waals surface area contributed by atoms with Crippen molar-refractivity contribution in [1.82, 2.24) is 20.1 Å². The van der Waals surface area contributed by atoms with E-state index in [0.717, 1.165) is 35.4 Å². The van der Waals surface area contributed by atoms with Crippen LogP contribution in [0, 0.1) is 6.92 Å². The zero-order valence-electron chi connectivity index (χ0n) is 17.6. The van der Waals surface area contributed by atoms with Crippen LogP contribution < -0.4 is 15.8 Å². The Hall–Kier alpha value is -3.13. The highest BCUT2D eigenvalue weighted by molar-refractivity contribution is 6.07. The molecule has 1 saturated heterocycles. The van der Waals surface area contributed by atoms with E-state index < -0.39 is 0 Å². The van der Waals surface area contributed by atoms with Gasteiger partial charge in [-0.05, 0) is 39.0 Å². The van der Waals surface area contributed by atoms with Crippen LogP contribution in [-0.2, 0) is 11.3 Å². The third-order valence-electron chi connectivity index (χ3n) is 5.39. The number of ether oxygens (including phenoxy) is 1. The minimum Gasteiger partial charge on any atom is -0.378 e. The van der Waals surface area contributed by atoms with Crippen molar-refractivity contribution in [3.05, 3.63) is 57.6 Å². The van der Waals surface area contributed by atoms with Crippen molar-refractivity contribution in [3.63, 3.8) is 0 Å². The lowest BCUT2D eigenvalue weighted by Gasteiger charge is -2.29. The molecule has 158 valence electrons. The molecular weight excluding hydrogens is 382 g/mol. The number of aromatic amines is 1. The predicted octanol–water partition coefficient (Wildman–Crippen LogP) is 2.38. The van der Waals surface area contributed by atoms with E-state index >= 15 is 0 Å². The van der Waals surface area contributed by atoms with Gasteiger partial charge in [-0.3, -0.25) is 14.3 Å². The number of benzene rings is 1. The molecule has 0 spiro atoms. The number of aromatic nitrogens is 3. The summed E-state index contributed by atoms with van der Waals surface area (Å²) >= 11 is 0. The molecule has 0 bridgehead atoms. The van der Waals surface area contributed by atoms with Gasteiger partial charge in [-0.2, -0.15) is 5.10 Å². The van der Waals surface area contributed by atoms with Crippen molar-refractivity contribution in [1.29, 1.82) is 0 Å². The minimum absolute atomic E-state index is 0.163. The lowest BCUT2D eigenvalue weighted by atomic mass is 10.1. The number of nitrogens with one attached hydrogen (secondary N) is 2. The quantitative estimate of drug-likeness (QED) is 0.675. The largest absolute Gasteiger partial charge is 0.378 e. The van der Waals surface area contributed by atoms with Crippen LogP contribution in [0.1, 0.15) is 41.5 Å². The summed E-state index contributed by atoms with van der Waals surface area (Å²) in [6, 6.07) is 7.74. The molecule has 0 unspecified atom stereocenters. The third-order valence-corrected chi connectivity index (χ3v) is 5.39. The summed E-state index contributed by atoms with van der Waals surface area (Å²) in [7, 11) is 0. The number of nitrogens with zero attached hydrogens (tertiary/aromatic N) is 3. The zero-order valence-corrected chi connectivity index (χ0v) is 17.6. The van der Waals surface area contributed by atoms with Gasteiger partial charge in [0.1, 0.15) is 0 Å². The first-order valence-corrected chi connectivity index (χ1v) is 10.2. The SMILES string of the molecule is Cc1ccc(CNC(=O)c2cc(N3CCOCC3)cc3c2cnn3C(C)C)c(=O)[nH]1. The number of pyridine rings is 1. The summed E-state index contributed by atoms with van der Waals surface area (Å²) < 4.78 is 7.40. The highest BCUT2D eigenvalue weighted by Crippen LogP contribution is 2.28. The van der Waals surface area contributed by atoms with Crippen molar-refractivity contribution in [2.45, 2.75) is 33.4 Å². The molecule has 4 rings (SSSR count). The molecular formula is C22H27N5O3. The van der Waals surface area contributed by atoms with Crippen LogP contribution in [-0.4, -0.2) is 47.0 Å². The normalized spacial score (nSPS) is 14.5. The van der Waals surface area contributed by atoms with Gasteiger partial charge in [-0.15, -0.1) is 0 Å². The molecule has 3 heterocycles. The van der Waals surface area contributed by atoms with E-state index in [4.69, 9.17) is 4.74 Å². The first-order chi connectivity index (χ1) is 14.4. The Bertz CT molecular complexity index is 1130. The third kappa shape index (κ3) is 3.95. The Kier molecular flexibility index (Phi) is 5.59. The summed E-state index contributed by atoms with van der Waals surface area (Å²) in [6.07, 6.45) is 1.74. The molecule has 30 heavy (non-hydrogen) atoms. The van der Waals surface area contributed by atoms with Gasteiger partial charge in [0.2, 0.25) is 0 Å². The van der Waals surface area contributed by atoms with Gasteiger partial charge < -0.3 is 19.9 Å². The molecule has 8 heteroatoms. The van der Waals surface area contributed by atoms with Gasteiger partial charge in [0.05, 0.1) is 30.5 Å². The number of carbonyl (C=O) groups excluding carboxylic acids is 1. The fourth-order valence-corrected chi connectivity index (χ4v) is 3.75. The highest BCUT2D eigenvalue weighted by atomic mass is 16.5. The first-order valence-electron chi connectivity index (χ1n) is 10.2. The van der Waals surface area contributed by atoms with Crippen LogP contribution in [0.3, 0.4) is 0 Å². The molecule has 1 amide bonds. The Balaban J connectivity index is 1.68. The number of aryl methyl sites for hydroxylation is 1. The Labute approximate surface area is 174 Å². The van der Waals surface area contributed by atoms with Crippen molar-refractivity contribution in [2.75, 3.05) is 31.2 Å². The van der Waals surface area contributed by atoms with E-state index in [0.29, 0.717) is 24.3 Å².